The zero-order chi connectivity index (χ0) is 21.0. The molecule has 3 rings (SSSR count). The second-order valence-electron chi connectivity index (χ2n) is 6.47. The quantitative estimate of drug-likeness (QED) is 0.539. The van der Waals surface area contributed by atoms with Crippen molar-refractivity contribution in [2.75, 3.05) is 18.4 Å². The van der Waals surface area contributed by atoms with Gasteiger partial charge in [0.25, 0.3) is 0 Å². The highest BCUT2D eigenvalue weighted by molar-refractivity contribution is 7.88. The summed E-state index contributed by atoms with van der Waals surface area (Å²) in [5.74, 6) is -1.11. The highest BCUT2D eigenvalue weighted by atomic mass is 32.2. The molecular formula is C18H20F2N6O2S. The standard InChI is InChI=1S/C18H20F2N6O2S/c1-12-7-13(2)26(25-12)18-4-3-17(23-24-18)21-5-6-22-29(27,28)11-14-8-15(19)10-16(20)9-14/h3-4,7-10,22H,5-6,11H2,1-2H3,(H,21,23). The fourth-order valence-electron chi connectivity index (χ4n) is 2.76. The van der Waals surface area contributed by atoms with Crippen molar-refractivity contribution >= 4 is 15.8 Å². The summed E-state index contributed by atoms with van der Waals surface area (Å²) in [6.45, 7) is 4.13. The summed E-state index contributed by atoms with van der Waals surface area (Å²) >= 11 is 0. The number of anilines is 1. The van der Waals surface area contributed by atoms with Crippen molar-refractivity contribution in [1.82, 2.24) is 24.7 Å². The Hall–Kier alpha value is -2.92. The van der Waals surface area contributed by atoms with Crippen molar-refractivity contribution in [2.45, 2.75) is 19.6 Å². The summed E-state index contributed by atoms with van der Waals surface area (Å²) in [5.41, 5.74) is 1.85. The minimum atomic E-state index is -3.74. The lowest BCUT2D eigenvalue weighted by Crippen LogP contribution is -2.30. The van der Waals surface area contributed by atoms with Crippen LogP contribution >= 0.6 is 0 Å². The molecule has 0 unspecified atom stereocenters. The van der Waals surface area contributed by atoms with Crippen LogP contribution < -0.4 is 10.0 Å². The van der Waals surface area contributed by atoms with Crippen LogP contribution in [-0.2, 0) is 15.8 Å². The van der Waals surface area contributed by atoms with E-state index in [0.29, 0.717) is 17.7 Å². The van der Waals surface area contributed by atoms with E-state index in [1.807, 2.05) is 19.9 Å². The maximum Gasteiger partial charge on any atom is 0.215 e. The van der Waals surface area contributed by atoms with Crippen LogP contribution in [-0.4, -0.2) is 41.5 Å². The van der Waals surface area contributed by atoms with Crippen LogP contribution in [0.5, 0.6) is 0 Å². The highest BCUT2D eigenvalue weighted by Crippen LogP contribution is 2.12. The SMILES string of the molecule is Cc1cc(C)n(-c2ccc(NCCNS(=O)(=O)Cc3cc(F)cc(F)c3)nn2)n1. The fraction of sp³-hybridized carbons (Fsp3) is 0.278. The Morgan fingerprint density at radius 2 is 1.72 bits per heavy atom. The minimum absolute atomic E-state index is 0.0357. The van der Waals surface area contributed by atoms with Crippen LogP contribution in [0.15, 0.2) is 36.4 Å². The number of nitrogens with one attached hydrogen (secondary N) is 2. The van der Waals surface area contributed by atoms with Gasteiger partial charge in [-0.05, 0) is 49.7 Å². The number of hydrogen-bond donors (Lipinski definition) is 2. The minimum Gasteiger partial charge on any atom is -0.367 e. The molecule has 0 fully saturated rings. The molecule has 0 saturated heterocycles. The first-order valence-electron chi connectivity index (χ1n) is 8.75. The van der Waals surface area contributed by atoms with Crippen molar-refractivity contribution in [3.63, 3.8) is 0 Å². The largest absolute Gasteiger partial charge is 0.367 e. The number of benzene rings is 1. The lowest BCUT2D eigenvalue weighted by molar-refractivity contribution is 0.575. The molecule has 3 aromatic rings. The smallest absolute Gasteiger partial charge is 0.215 e. The molecule has 0 aliphatic heterocycles. The summed E-state index contributed by atoms with van der Waals surface area (Å²) in [5, 5.41) is 15.4. The first-order chi connectivity index (χ1) is 13.7. The van der Waals surface area contributed by atoms with Gasteiger partial charge in [0, 0.05) is 24.8 Å². The third-order valence-corrected chi connectivity index (χ3v) is 5.27. The normalized spacial score (nSPS) is 11.6. The van der Waals surface area contributed by atoms with E-state index in [1.54, 1.807) is 16.8 Å². The lowest BCUT2D eigenvalue weighted by Gasteiger charge is -2.09. The molecule has 8 nitrogen and oxygen atoms in total. The predicted molar refractivity (Wildman–Crippen MR) is 104 cm³/mol. The summed E-state index contributed by atoms with van der Waals surface area (Å²) < 4.78 is 54.5. The molecule has 0 aliphatic rings. The molecule has 29 heavy (non-hydrogen) atoms. The number of hydrogen-bond acceptors (Lipinski definition) is 6. The Labute approximate surface area is 167 Å². The maximum absolute atomic E-state index is 13.2. The average Bonchev–Trinajstić information content (AvgIpc) is 2.96. The van der Waals surface area contributed by atoms with Gasteiger partial charge in [0.1, 0.15) is 17.5 Å². The van der Waals surface area contributed by atoms with E-state index in [0.717, 1.165) is 23.5 Å². The fourth-order valence-corrected chi connectivity index (χ4v) is 3.88. The van der Waals surface area contributed by atoms with Gasteiger partial charge < -0.3 is 5.32 Å². The van der Waals surface area contributed by atoms with Gasteiger partial charge in [-0.15, -0.1) is 10.2 Å². The number of nitrogens with zero attached hydrogens (tertiary/aromatic N) is 4. The molecule has 2 N–H and O–H groups in total. The van der Waals surface area contributed by atoms with Gasteiger partial charge in [-0.2, -0.15) is 5.10 Å². The molecule has 2 aromatic heterocycles. The van der Waals surface area contributed by atoms with Crippen LogP contribution in [0.3, 0.4) is 0 Å². The second-order valence-corrected chi connectivity index (χ2v) is 8.28. The highest BCUT2D eigenvalue weighted by Gasteiger charge is 2.13. The molecule has 0 amide bonds. The second kappa shape index (κ2) is 8.62. The van der Waals surface area contributed by atoms with Crippen LogP contribution in [0.4, 0.5) is 14.6 Å². The summed E-state index contributed by atoms with van der Waals surface area (Å²) in [6, 6.07) is 8.05. The van der Waals surface area contributed by atoms with Gasteiger partial charge in [-0.25, -0.2) is 26.6 Å². The van der Waals surface area contributed by atoms with Gasteiger partial charge in [0.15, 0.2) is 5.82 Å². The topological polar surface area (TPSA) is 102 Å². The Bertz CT molecular complexity index is 1080. The van der Waals surface area contributed by atoms with Gasteiger partial charge in [0.2, 0.25) is 10.0 Å². The van der Waals surface area contributed by atoms with Gasteiger partial charge in [-0.1, -0.05) is 0 Å². The van der Waals surface area contributed by atoms with Gasteiger partial charge in [0.05, 0.1) is 11.4 Å². The summed E-state index contributed by atoms with van der Waals surface area (Å²) in [6.07, 6.45) is 0. The monoisotopic (exact) mass is 422 g/mol. The van der Waals surface area contributed by atoms with E-state index in [4.69, 9.17) is 0 Å². The summed E-state index contributed by atoms with van der Waals surface area (Å²) in [4.78, 5) is 0. The molecule has 2 heterocycles. The molecule has 0 spiro atoms. The zero-order valence-corrected chi connectivity index (χ0v) is 16.7. The molecule has 0 saturated carbocycles. The van der Waals surface area contributed by atoms with Crippen molar-refractivity contribution in [3.05, 3.63) is 65.0 Å². The van der Waals surface area contributed by atoms with Crippen LogP contribution in [0.1, 0.15) is 17.0 Å². The van der Waals surface area contributed by atoms with E-state index >= 15 is 0 Å². The van der Waals surface area contributed by atoms with E-state index < -0.39 is 27.4 Å². The third-order valence-electron chi connectivity index (χ3n) is 3.91. The third kappa shape index (κ3) is 5.78. The number of aryl methyl sites for hydroxylation is 2. The Morgan fingerprint density at radius 3 is 2.31 bits per heavy atom. The molecule has 1 aromatic carbocycles. The van der Waals surface area contributed by atoms with Crippen molar-refractivity contribution in [3.8, 4) is 5.82 Å². The molecule has 0 radical (unpaired) electrons. The zero-order valence-electron chi connectivity index (χ0n) is 15.9. The molecule has 0 bridgehead atoms. The van der Waals surface area contributed by atoms with Crippen molar-refractivity contribution < 1.29 is 17.2 Å². The molecular weight excluding hydrogens is 402 g/mol. The summed E-state index contributed by atoms with van der Waals surface area (Å²) in [7, 11) is -3.74. The number of halogens is 2. The molecule has 154 valence electrons. The first kappa shape index (κ1) is 20.8. The van der Waals surface area contributed by atoms with Crippen LogP contribution in [0.2, 0.25) is 0 Å². The van der Waals surface area contributed by atoms with Crippen LogP contribution in [0, 0.1) is 25.5 Å². The Kier molecular flexibility index (Phi) is 6.18. The molecule has 11 heteroatoms. The van der Waals surface area contributed by atoms with Crippen LogP contribution in [0.25, 0.3) is 5.82 Å². The number of sulfonamides is 1. The van der Waals surface area contributed by atoms with E-state index in [1.165, 1.54) is 0 Å². The predicted octanol–water partition coefficient (Wildman–Crippen LogP) is 2.09. The van der Waals surface area contributed by atoms with E-state index in [2.05, 4.69) is 25.3 Å². The van der Waals surface area contributed by atoms with Gasteiger partial charge >= 0.3 is 0 Å². The van der Waals surface area contributed by atoms with E-state index in [9.17, 15) is 17.2 Å². The van der Waals surface area contributed by atoms with Crippen molar-refractivity contribution in [2.24, 2.45) is 0 Å². The van der Waals surface area contributed by atoms with E-state index in [-0.39, 0.29) is 18.7 Å². The maximum atomic E-state index is 13.2. The average molecular weight is 422 g/mol. The Morgan fingerprint density at radius 1 is 1.00 bits per heavy atom. The van der Waals surface area contributed by atoms with Crippen molar-refractivity contribution in [1.29, 1.82) is 0 Å². The lowest BCUT2D eigenvalue weighted by atomic mass is 10.2. The number of rotatable bonds is 8. The first-order valence-corrected chi connectivity index (χ1v) is 10.4. The molecule has 0 atom stereocenters. The van der Waals surface area contributed by atoms with Gasteiger partial charge in [-0.3, -0.25) is 0 Å². The Balaban J connectivity index is 1.50. The molecule has 0 aliphatic carbocycles. The number of aromatic nitrogens is 4.